The molecule has 4 unspecified atom stereocenters. The summed E-state index contributed by atoms with van der Waals surface area (Å²) in [6, 6.07) is 11.2. The Bertz CT molecular complexity index is 648. The largest absolute Gasteiger partial charge is 0.271 e. The third-order valence-corrected chi connectivity index (χ3v) is 5.32. The Labute approximate surface area is 125 Å². The summed E-state index contributed by atoms with van der Waals surface area (Å²) in [7, 11) is 0. The Hall–Kier alpha value is -1.65. The molecule has 4 heteroatoms. The lowest BCUT2D eigenvalue weighted by Gasteiger charge is -2.17. The van der Waals surface area contributed by atoms with Crippen molar-refractivity contribution in [1.29, 1.82) is 0 Å². The summed E-state index contributed by atoms with van der Waals surface area (Å²) in [5.74, 6) is 7.94. The van der Waals surface area contributed by atoms with Crippen LogP contribution >= 0.6 is 0 Å². The van der Waals surface area contributed by atoms with Gasteiger partial charge in [0.1, 0.15) is 0 Å². The van der Waals surface area contributed by atoms with Crippen LogP contribution in [-0.2, 0) is 13.0 Å². The Balaban J connectivity index is 1.66. The first-order chi connectivity index (χ1) is 10.3. The SMILES string of the molecule is CCn1nccc1C(NN)C1C2CCc3ccccc3C21. The average Bonchev–Trinajstić information content (AvgIpc) is 3.06. The fourth-order valence-corrected chi connectivity index (χ4v) is 4.34. The van der Waals surface area contributed by atoms with Crippen molar-refractivity contribution in [3.05, 3.63) is 53.3 Å². The van der Waals surface area contributed by atoms with Crippen molar-refractivity contribution in [3.8, 4) is 0 Å². The predicted octanol–water partition coefficient (Wildman–Crippen LogP) is 2.38. The summed E-state index contributed by atoms with van der Waals surface area (Å²) < 4.78 is 2.06. The number of aromatic nitrogens is 2. The first kappa shape index (κ1) is 13.0. The van der Waals surface area contributed by atoms with Gasteiger partial charge in [0.05, 0.1) is 11.7 Å². The highest BCUT2D eigenvalue weighted by Crippen LogP contribution is 2.63. The molecule has 1 aromatic heterocycles. The lowest BCUT2D eigenvalue weighted by molar-refractivity contribution is 0.424. The zero-order chi connectivity index (χ0) is 14.4. The number of rotatable bonds is 4. The summed E-state index contributed by atoms with van der Waals surface area (Å²) in [4.78, 5) is 0. The molecule has 110 valence electrons. The maximum absolute atomic E-state index is 5.91. The molecule has 0 radical (unpaired) electrons. The highest BCUT2D eigenvalue weighted by Gasteiger charge is 2.56. The number of nitrogens with two attached hydrogens (primary N) is 1. The van der Waals surface area contributed by atoms with Crippen molar-refractivity contribution in [2.75, 3.05) is 0 Å². The number of nitrogens with zero attached hydrogens (tertiary/aromatic N) is 2. The van der Waals surface area contributed by atoms with Gasteiger partial charge in [-0.05, 0) is 54.7 Å². The highest BCUT2D eigenvalue weighted by atomic mass is 15.3. The Morgan fingerprint density at radius 1 is 1.38 bits per heavy atom. The molecular formula is C17H22N4. The van der Waals surface area contributed by atoms with E-state index < -0.39 is 0 Å². The quantitative estimate of drug-likeness (QED) is 0.668. The fraction of sp³-hybridized carbons (Fsp3) is 0.471. The lowest BCUT2D eigenvalue weighted by atomic mass is 9.92. The van der Waals surface area contributed by atoms with Gasteiger partial charge in [0, 0.05) is 12.7 Å². The van der Waals surface area contributed by atoms with Crippen molar-refractivity contribution in [1.82, 2.24) is 15.2 Å². The molecule has 0 amide bonds. The molecule has 0 spiro atoms. The first-order valence-electron chi connectivity index (χ1n) is 7.90. The number of benzene rings is 1. The maximum atomic E-state index is 5.91. The van der Waals surface area contributed by atoms with Gasteiger partial charge in [-0.25, -0.2) is 0 Å². The van der Waals surface area contributed by atoms with Crippen LogP contribution in [0, 0.1) is 11.8 Å². The van der Waals surface area contributed by atoms with Crippen LogP contribution in [0.25, 0.3) is 0 Å². The molecule has 1 fully saturated rings. The van der Waals surface area contributed by atoms with E-state index in [1.54, 1.807) is 5.56 Å². The summed E-state index contributed by atoms with van der Waals surface area (Å²) in [6.45, 7) is 3.01. The topological polar surface area (TPSA) is 55.9 Å². The molecule has 4 atom stereocenters. The van der Waals surface area contributed by atoms with Gasteiger partial charge >= 0.3 is 0 Å². The molecule has 2 aliphatic carbocycles. The van der Waals surface area contributed by atoms with Crippen molar-refractivity contribution in [3.63, 3.8) is 0 Å². The third-order valence-electron chi connectivity index (χ3n) is 5.32. The summed E-state index contributed by atoms with van der Waals surface area (Å²) in [5.41, 5.74) is 7.36. The Morgan fingerprint density at radius 2 is 2.24 bits per heavy atom. The van der Waals surface area contributed by atoms with Crippen molar-refractivity contribution >= 4 is 0 Å². The molecule has 1 heterocycles. The van der Waals surface area contributed by atoms with E-state index in [2.05, 4.69) is 52.5 Å². The first-order valence-corrected chi connectivity index (χ1v) is 7.90. The van der Waals surface area contributed by atoms with Crippen LogP contribution in [-0.4, -0.2) is 9.78 Å². The smallest absolute Gasteiger partial charge is 0.0666 e. The number of hydrogen-bond donors (Lipinski definition) is 2. The molecule has 21 heavy (non-hydrogen) atoms. The molecule has 2 aliphatic rings. The number of hydrogen-bond acceptors (Lipinski definition) is 3. The summed E-state index contributed by atoms with van der Waals surface area (Å²) >= 11 is 0. The zero-order valence-corrected chi connectivity index (χ0v) is 12.4. The van der Waals surface area contributed by atoms with Gasteiger partial charge in [0.2, 0.25) is 0 Å². The second-order valence-electron chi connectivity index (χ2n) is 6.22. The van der Waals surface area contributed by atoms with Crippen LogP contribution in [0.1, 0.15) is 42.1 Å². The van der Waals surface area contributed by atoms with Gasteiger partial charge in [-0.2, -0.15) is 5.10 Å². The summed E-state index contributed by atoms with van der Waals surface area (Å²) in [6.07, 6.45) is 4.37. The molecule has 3 N–H and O–H groups in total. The highest BCUT2D eigenvalue weighted by molar-refractivity contribution is 5.40. The zero-order valence-electron chi connectivity index (χ0n) is 12.4. The molecule has 0 aliphatic heterocycles. The van der Waals surface area contributed by atoms with E-state index in [-0.39, 0.29) is 6.04 Å². The van der Waals surface area contributed by atoms with Crippen molar-refractivity contribution in [2.24, 2.45) is 17.7 Å². The summed E-state index contributed by atoms with van der Waals surface area (Å²) in [5, 5.41) is 4.40. The third kappa shape index (κ3) is 1.93. The molecule has 4 nitrogen and oxygen atoms in total. The number of aryl methyl sites for hydroxylation is 2. The van der Waals surface area contributed by atoms with E-state index in [9.17, 15) is 0 Å². The van der Waals surface area contributed by atoms with Gasteiger partial charge in [0.15, 0.2) is 0 Å². The van der Waals surface area contributed by atoms with Crippen LogP contribution < -0.4 is 11.3 Å². The van der Waals surface area contributed by atoms with Gasteiger partial charge in [-0.15, -0.1) is 0 Å². The van der Waals surface area contributed by atoms with Gasteiger partial charge in [-0.3, -0.25) is 16.0 Å². The van der Waals surface area contributed by atoms with E-state index in [4.69, 9.17) is 5.84 Å². The van der Waals surface area contributed by atoms with E-state index in [1.807, 2.05) is 6.20 Å². The van der Waals surface area contributed by atoms with Crippen LogP contribution in [0.5, 0.6) is 0 Å². The molecular weight excluding hydrogens is 260 g/mol. The minimum Gasteiger partial charge on any atom is -0.271 e. The molecule has 1 saturated carbocycles. The molecule has 4 rings (SSSR count). The fourth-order valence-electron chi connectivity index (χ4n) is 4.34. The van der Waals surface area contributed by atoms with Crippen molar-refractivity contribution in [2.45, 2.75) is 38.3 Å². The van der Waals surface area contributed by atoms with Gasteiger partial charge in [0.25, 0.3) is 0 Å². The maximum Gasteiger partial charge on any atom is 0.0666 e. The van der Waals surface area contributed by atoms with Crippen molar-refractivity contribution < 1.29 is 0 Å². The molecule has 2 aromatic rings. The standard InChI is InChI=1S/C17H22N4/c1-2-21-14(9-10-19-21)17(20-18)16-13-8-7-11-5-3-4-6-12(11)15(13)16/h3-6,9-10,13,15-17,20H,2,7-8,18H2,1H3. The monoisotopic (exact) mass is 282 g/mol. The second kappa shape index (κ2) is 4.97. The van der Waals surface area contributed by atoms with E-state index in [1.165, 1.54) is 24.1 Å². The normalized spacial score (nSPS) is 27.8. The van der Waals surface area contributed by atoms with E-state index >= 15 is 0 Å². The molecule has 1 aromatic carbocycles. The average molecular weight is 282 g/mol. The Kier molecular flexibility index (Phi) is 3.08. The van der Waals surface area contributed by atoms with Crippen LogP contribution in [0.4, 0.5) is 0 Å². The lowest BCUT2D eigenvalue weighted by Crippen LogP contribution is -2.32. The minimum absolute atomic E-state index is 0.202. The van der Waals surface area contributed by atoms with Gasteiger partial charge < -0.3 is 0 Å². The molecule has 0 bridgehead atoms. The van der Waals surface area contributed by atoms with Gasteiger partial charge in [-0.1, -0.05) is 24.3 Å². The minimum atomic E-state index is 0.202. The number of nitrogens with one attached hydrogen (secondary N) is 1. The Morgan fingerprint density at radius 3 is 3.05 bits per heavy atom. The number of hydrazine groups is 1. The van der Waals surface area contributed by atoms with Crippen LogP contribution in [0.2, 0.25) is 0 Å². The predicted molar refractivity (Wildman–Crippen MR) is 82.4 cm³/mol. The number of fused-ring (bicyclic) bond motifs is 3. The molecule has 0 saturated heterocycles. The van der Waals surface area contributed by atoms with Crippen LogP contribution in [0.3, 0.4) is 0 Å². The van der Waals surface area contributed by atoms with E-state index in [0.29, 0.717) is 11.8 Å². The van der Waals surface area contributed by atoms with E-state index in [0.717, 1.165) is 12.5 Å². The van der Waals surface area contributed by atoms with Crippen LogP contribution in [0.15, 0.2) is 36.5 Å². The second-order valence-corrected chi connectivity index (χ2v) is 6.22.